The van der Waals surface area contributed by atoms with Crippen molar-refractivity contribution in [3.8, 4) is 0 Å². The van der Waals surface area contributed by atoms with Crippen LogP contribution in [0.5, 0.6) is 0 Å². The maximum absolute atomic E-state index is 5.51. The van der Waals surface area contributed by atoms with E-state index in [2.05, 4.69) is 24.1 Å². The lowest BCUT2D eigenvalue weighted by atomic mass is 10.3. The fraction of sp³-hybridized carbons (Fsp3) is 1.00. The van der Waals surface area contributed by atoms with Crippen LogP contribution < -0.4 is 5.32 Å². The predicted molar refractivity (Wildman–Crippen MR) is 55.0 cm³/mol. The highest BCUT2D eigenvalue weighted by molar-refractivity contribution is 4.79. The normalized spacial score (nSPS) is 24.5. The van der Waals surface area contributed by atoms with E-state index in [-0.39, 0.29) is 0 Å². The number of rotatable bonds is 5. The van der Waals surface area contributed by atoms with Crippen molar-refractivity contribution in [2.75, 3.05) is 33.3 Å². The lowest BCUT2D eigenvalue weighted by Crippen LogP contribution is -2.31. The van der Waals surface area contributed by atoms with Gasteiger partial charge >= 0.3 is 0 Å². The van der Waals surface area contributed by atoms with E-state index in [1.165, 1.54) is 19.5 Å². The van der Waals surface area contributed by atoms with E-state index in [0.717, 1.165) is 13.2 Å². The molecule has 1 N–H and O–H groups in total. The van der Waals surface area contributed by atoms with Gasteiger partial charge in [-0.05, 0) is 33.9 Å². The van der Waals surface area contributed by atoms with Gasteiger partial charge in [-0.1, -0.05) is 0 Å². The minimum Gasteiger partial charge on any atom is -0.377 e. The molecule has 0 saturated carbocycles. The number of nitrogens with zero attached hydrogens (tertiary/aromatic N) is 1. The highest BCUT2D eigenvalue weighted by atomic mass is 16.5. The number of likely N-dealkylation sites (N-methyl/N-ethyl adjacent to an activating group) is 1. The fourth-order valence-corrected chi connectivity index (χ4v) is 1.69. The third kappa shape index (κ3) is 4.07. The monoisotopic (exact) mass is 186 g/mol. The van der Waals surface area contributed by atoms with Gasteiger partial charge in [0.15, 0.2) is 0 Å². The lowest BCUT2D eigenvalue weighted by molar-refractivity contribution is 0.0632. The van der Waals surface area contributed by atoms with Crippen LogP contribution in [0, 0.1) is 0 Å². The molecule has 1 aliphatic rings. The molecule has 3 heteroatoms. The van der Waals surface area contributed by atoms with E-state index in [4.69, 9.17) is 4.74 Å². The minimum absolute atomic E-state index is 0.364. The molecule has 0 aromatic carbocycles. The van der Waals surface area contributed by atoms with Crippen LogP contribution in [0.25, 0.3) is 0 Å². The fourth-order valence-electron chi connectivity index (χ4n) is 1.69. The second-order valence-corrected chi connectivity index (χ2v) is 3.99. The summed E-state index contributed by atoms with van der Waals surface area (Å²) in [4.78, 5) is 2.46. The van der Waals surface area contributed by atoms with Crippen LogP contribution in [0.15, 0.2) is 0 Å². The van der Waals surface area contributed by atoms with Gasteiger partial charge in [0.25, 0.3) is 0 Å². The smallest absolute Gasteiger partial charge is 0.0596 e. The summed E-state index contributed by atoms with van der Waals surface area (Å²) in [7, 11) is 2.04. The summed E-state index contributed by atoms with van der Waals surface area (Å²) < 4.78 is 5.51. The summed E-state index contributed by atoms with van der Waals surface area (Å²) in [6.45, 7) is 8.51. The molecule has 1 heterocycles. The Morgan fingerprint density at radius 3 is 2.85 bits per heavy atom. The average molecular weight is 186 g/mol. The van der Waals surface area contributed by atoms with Crippen molar-refractivity contribution in [2.24, 2.45) is 0 Å². The highest BCUT2D eigenvalue weighted by Crippen LogP contribution is 2.07. The Labute approximate surface area is 81.4 Å². The zero-order valence-corrected chi connectivity index (χ0v) is 9.05. The van der Waals surface area contributed by atoms with Crippen molar-refractivity contribution in [1.29, 1.82) is 0 Å². The molecular formula is C10H22N2O. The van der Waals surface area contributed by atoms with Gasteiger partial charge in [-0.2, -0.15) is 0 Å². The zero-order valence-electron chi connectivity index (χ0n) is 9.05. The van der Waals surface area contributed by atoms with Gasteiger partial charge in [0.2, 0.25) is 0 Å². The summed E-state index contributed by atoms with van der Waals surface area (Å²) in [6.07, 6.45) is 1.64. The molecule has 0 aliphatic carbocycles. The number of hydrogen-bond acceptors (Lipinski definition) is 3. The molecule has 1 saturated heterocycles. The van der Waals surface area contributed by atoms with E-state index in [0.29, 0.717) is 12.1 Å². The van der Waals surface area contributed by atoms with Crippen LogP contribution in [0.4, 0.5) is 0 Å². The quantitative estimate of drug-likeness (QED) is 0.684. The molecule has 0 amide bonds. The van der Waals surface area contributed by atoms with Gasteiger partial charge in [0.05, 0.1) is 12.7 Å². The molecule has 0 aromatic heterocycles. The van der Waals surface area contributed by atoms with E-state index in [9.17, 15) is 0 Å². The number of likely N-dealkylation sites (tertiary alicyclic amines) is 1. The molecule has 1 fully saturated rings. The van der Waals surface area contributed by atoms with Gasteiger partial charge < -0.3 is 10.1 Å². The van der Waals surface area contributed by atoms with E-state index in [1.54, 1.807) is 0 Å². The number of nitrogens with one attached hydrogen (secondary N) is 1. The molecule has 0 aromatic rings. The second-order valence-electron chi connectivity index (χ2n) is 3.99. The summed E-state index contributed by atoms with van der Waals surface area (Å²) in [5.74, 6) is 0. The van der Waals surface area contributed by atoms with Crippen LogP contribution in [-0.2, 0) is 4.74 Å². The van der Waals surface area contributed by atoms with Crippen molar-refractivity contribution >= 4 is 0 Å². The van der Waals surface area contributed by atoms with Crippen molar-refractivity contribution in [3.63, 3.8) is 0 Å². The zero-order chi connectivity index (χ0) is 9.68. The van der Waals surface area contributed by atoms with E-state index in [1.807, 2.05) is 7.05 Å². The topological polar surface area (TPSA) is 24.5 Å². The van der Waals surface area contributed by atoms with Crippen LogP contribution in [0.2, 0.25) is 0 Å². The maximum atomic E-state index is 5.51. The second kappa shape index (κ2) is 5.58. The molecule has 0 spiro atoms. The Hall–Kier alpha value is -0.120. The molecule has 0 bridgehead atoms. The lowest BCUT2D eigenvalue weighted by Gasteiger charge is -2.16. The first kappa shape index (κ1) is 11.0. The molecule has 1 rings (SSSR count). The van der Waals surface area contributed by atoms with Crippen molar-refractivity contribution in [1.82, 2.24) is 10.2 Å². The van der Waals surface area contributed by atoms with Gasteiger partial charge in [-0.25, -0.2) is 0 Å². The molecule has 3 nitrogen and oxygen atoms in total. The Bertz CT molecular complexity index is 139. The van der Waals surface area contributed by atoms with Crippen molar-refractivity contribution in [3.05, 3.63) is 0 Å². The van der Waals surface area contributed by atoms with Gasteiger partial charge in [0.1, 0.15) is 0 Å². The Balaban J connectivity index is 2.03. The third-order valence-corrected chi connectivity index (χ3v) is 2.54. The first-order chi connectivity index (χ1) is 6.22. The van der Waals surface area contributed by atoms with Gasteiger partial charge in [-0.3, -0.25) is 4.90 Å². The SMILES string of the molecule is CNC1CCN(CCOC(C)C)C1. The number of ether oxygens (including phenoxy) is 1. The van der Waals surface area contributed by atoms with Gasteiger partial charge in [-0.15, -0.1) is 0 Å². The molecule has 1 unspecified atom stereocenters. The third-order valence-electron chi connectivity index (χ3n) is 2.54. The molecule has 1 aliphatic heterocycles. The molecule has 0 radical (unpaired) electrons. The van der Waals surface area contributed by atoms with Crippen molar-refractivity contribution in [2.45, 2.75) is 32.4 Å². The summed E-state index contributed by atoms with van der Waals surface area (Å²) in [6, 6.07) is 0.694. The van der Waals surface area contributed by atoms with Crippen LogP contribution in [-0.4, -0.2) is 50.3 Å². The van der Waals surface area contributed by atoms with Gasteiger partial charge in [0, 0.05) is 19.1 Å². The molecule has 1 atom stereocenters. The van der Waals surface area contributed by atoms with Crippen LogP contribution >= 0.6 is 0 Å². The van der Waals surface area contributed by atoms with Crippen LogP contribution in [0.1, 0.15) is 20.3 Å². The Kier molecular flexibility index (Phi) is 4.70. The predicted octanol–water partition coefficient (Wildman–Crippen LogP) is 0.705. The molecule has 78 valence electrons. The first-order valence-electron chi connectivity index (χ1n) is 5.23. The minimum atomic E-state index is 0.364. The summed E-state index contributed by atoms with van der Waals surface area (Å²) in [5, 5.41) is 3.31. The Morgan fingerprint density at radius 1 is 1.54 bits per heavy atom. The summed E-state index contributed by atoms with van der Waals surface area (Å²) in [5.41, 5.74) is 0. The molecular weight excluding hydrogens is 164 g/mol. The van der Waals surface area contributed by atoms with E-state index < -0.39 is 0 Å². The largest absolute Gasteiger partial charge is 0.377 e. The first-order valence-corrected chi connectivity index (χ1v) is 5.23. The van der Waals surface area contributed by atoms with Crippen LogP contribution in [0.3, 0.4) is 0 Å². The standard InChI is InChI=1S/C10H22N2O/c1-9(2)13-7-6-12-5-4-10(8-12)11-3/h9-11H,4-8H2,1-3H3. The maximum Gasteiger partial charge on any atom is 0.0596 e. The Morgan fingerprint density at radius 2 is 2.31 bits per heavy atom. The average Bonchev–Trinajstić information content (AvgIpc) is 2.52. The molecule has 13 heavy (non-hydrogen) atoms. The van der Waals surface area contributed by atoms with E-state index >= 15 is 0 Å². The highest BCUT2D eigenvalue weighted by Gasteiger charge is 2.19. The van der Waals surface area contributed by atoms with Crippen molar-refractivity contribution < 1.29 is 4.74 Å². The number of hydrogen-bond donors (Lipinski definition) is 1. The summed E-state index contributed by atoms with van der Waals surface area (Å²) >= 11 is 0.